The summed E-state index contributed by atoms with van der Waals surface area (Å²) in [6.45, 7) is 0.537. The molecule has 1 unspecified atom stereocenters. The number of nitrogens with zero attached hydrogens (tertiary/aromatic N) is 2. The summed E-state index contributed by atoms with van der Waals surface area (Å²) in [6, 6.07) is 16.5. The van der Waals surface area contributed by atoms with Gasteiger partial charge in [0.15, 0.2) is 5.58 Å². The van der Waals surface area contributed by atoms with Crippen molar-refractivity contribution in [1.29, 1.82) is 0 Å². The first-order valence-corrected chi connectivity index (χ1v) is 7.60. The second-order valence-corrected chi connectivity index (χ2v) is 5.92. The predicted octanol–water partition coefficient (Wildman–Crippen LogP) is 3.17. The third-order valence-electron chi connectivity index (χ3n) is 4.57. The van der Waals surface area contributed by atoms with Crippen molar-refractivity contribution in [1.82, 2.24) is 9.47 Å². The van der Waals surface area contributed by atoms with Crippen LogP contribution in [0.4, 0.5) is 0 Å². The van der Waals surface area contributed by atoms with Gasteiger partial charge in [-0.05, 0) is 43.1 Å². The van der Waals surface area contributed by atoms with Gasteiger partial charge in [0.05, 0.1) is 12.2 Å². The van der Waals surface area contributed by atoms with Gasteiger partial charge in [-0.25, -0.2) is 4.79 Å². The van der Waals surface area contributed by atoms with Gasteiger partial charge in [0.25, 0.3) is 0 Å². The minimum absolute atomic E-state index is 0.292. The maximum absolute atomic E-state index is 12.1. The fourth-order valence-electron chi connectivity index (χ4n) is 3.46. The minimum atomic E-state index is -0.292. The molecule has 0 spiro atoms. The molecule has 4 nitrogen and oxygen atoms in total. The van der Waals surface area contributed by atoms with E-state index in [2.05, 4.69) is 36.2 Å². The molecule has 3 aromatic rings. The molecule has 1 aliphatic rings. The molecule has 1 heterocycles. The van der Waals surface area contributed by atoms with Crippen LogP contribution in [0, 0.1) is 0 Å². The summed E-state index contributed by atoms with van der Waals surface area (Å²) in [5, 5.41) is 0. The SMILES string of the molecule is CN(Cn1c(=O)oc2ccccc21)C1CCc2ccccc21. The molecule has 4 heteroatoms. The van der Waals surface area contributed by atoms with E-state index in [1.807, 2.05) is 24.3 Å². The molecule has 0 N–H and O–H groups in total. The Kier molecular flexibility index (Phi) is 3.12. The molecule has 1 aromatic heterocycles. The monoisotopic (exact) mass is 294 g/mol. The standard InChI is InChI=1S/C18H18N2O2/c1-19(15-11-10-13-6-2-3-7-14(13)15)12-20-16-8-4-5-9-17(16)22-18(20)21/h2-9,15H,10-12H2,1H3. The van der Waals surface area contributed by atoms with Crippen LogP contribution < -0.4 is 5.76 Å². The van der Waals surface area contributed by atoms with Crippen molar-refractivity contribution in [2.24, 2.45) is 0 Å². The maximum atomic E-state index is 12.1. The molecule has 4 rings (SSSR count). The molecule has 0 bridgehead atoms. The molecule has 112 valence electrons. The summed E-state index contributed by atoms with van der Waals surface area (Å²) >= 11 is 0. The van der Waals surface area contributed by atoms with E-state index in [9.17, 15) is 4.79 Å². The third-order valence-corrected chi connectivity index (χ3v) is 4.57. The first kappa shape index (κ1) is 13.3. The largest absolute Gasteiger partial charge is 0.421 e. The number of oxazole rings is 1. The van der Waals surface area contributed by atoms with Crippen molar-refractivity contribution in [2.75, 3.05) is 7.05 Å². The number of rotatable bonds is 3. The fraction of sp³-hybridized carbons (Fsp3) is 0.278. The molecule has 0 radical (unpaired) electrons. The van der Waals surface area contributed by atoms with Crippen LogP contribution in [-0.2, 0) is 13.1 Å². The Bertz CT molecular complexity index is 878. The molecule has 0 amide bonds. The Morgan fingerprint density at radius 2 is 1.95 bits per heavy atom. The second kappa shape index (κ2) is 5.14. The average molecular weight is 294 g/mol. The fourth-order valence-corrected chi connectivity index (χ4v) is 3.46. The van der Waals surface area contributed by atoms with Crippen LogP contribution >= 0.6 is 0 Å². The number of para-hydroxylation sites is 2. The van der Waals surface area contributed by atoms with Crippen molar-refractivity contribution >= 4 is 11.1 Å². The highest BCUT2D eigenvalue weighted by Crippen LogP contribution is 2.35. The van der Waals surface area contributed by atoms with E-state index in [0.29, 0.717) is 18.3 Å². The Hall–Kier alpha value is -2.33. The summed E-state index contributed by atoms with van der Waals surface area (Å²) in [4.78, 5) is 14.3. The van der Waals surface area contributed by atoms with Crippen LogP contribution in [0.5, 0.6) is 0 Å². The Balaban J connectivity index is 1.66. The van der Waals surface area contributed by atoms with Gasteiger partial charge < -0.3 is 4.42 Å². The summed E-state index contributed by atoms with van der Waals surface area (Å²) < 4.78 is 7.02. The average Bonchev–Trinajstić information content (AvgIpc) is 3.09. The smallest absolute Gasteiger partial charge is 0.408 e. The lowest BCUT2D eigenvalue weighted by Gasteiger charge is -2.25. The summed E-state index contributed by atoms with van der Waals surface area (Å²) in [7, 11) is 2.07. The summed E-state index contributed by atoms with van der Waals surface area (Å²) in [5.74, 6) is -0.292. The van der Waals surface area contributed by atoms with Gasteiger partial charge in [-0.2, -0.15) is 0 Å². The van der Waals surface area contributed by atoms with Gasteiger partial charge >= 0.3 is 5.76 Å². The highest BCUT2D eigenvalue weighted by Gasteiger charge is 2.26. The number of hydrogen-bond acceptors (Lipinski definition) is 3. The molecule has 0 saturated heterocycles. The van der Waals surface area contributed by atoms with Crippen LogP contribution in [0.2, 0.25) is 0 Å². The van der Waals surface area contributed by atoms with Crippen LogP contribution in [0.25, 0.3) is 11.1 Å². The first-order chi connectivity index (χ1) is 10.7. The molecule has 1 aliphatic carbocycles. The summed E-state index contributed by atoms with van der Waals surface area (Å²) in [5.41, 5.74) is 4.30. The highest BCUT2D eigenvalue weighted by molar-refractivity contribution is 5.72. The lowest BCUT2D eigenvalue weighted by Crippen LogP contribution is -2.30. The number of benzene rings is 2. The van der Waals surface area contributed by atoms with E-state index in [1.54, 1.807) is 4.57 Å². The molecule has 0 aliphatic heterocycles. The lowest BCUT2D eigenvalue weighted by atomic mass is 10.1. The Morgan fingerprint density at radius 1 is 1.18 bits per heavy atom. The zero-order valence-electron chi connectivity index (χ0n) is 12.5. The summed E-state index contributed by atoms with van der Waals surface area (Å²) in [6.07, 6.45) is 2.20. The van der Waals surface area contributed by atoms with Crippen molar-refractivity contribution in [3.8, 4) is 0 Å². The predicted molar refractivity (Wildman–Crippen MR) is 85.7 cm³/mol. The minimum Gasteiger partial charge on any atom is -0.408 e. The van der Waals surface area contributed by atoms with Crippen LogP contribution in [0.1, 0.15) is 23.6 Å². The van der Waals surface area contributed by atoms with Crippen molar-refractivity contribution in [3.63, 3.8) is 0 Å². The van der Waals surface area contributed by atoms with Gasteiger partial charge in [-0.15, -0.1) is 0 Å². The van der Waals surface area contributed by atoms with E-state index in [1.165, 1.54) is 11.1 Å². The van der Waals surface area contributed by atoms with Crippen LogP contribution in [0.3, 0.4) is 0 Å². The number of fused-ring (bicyclic) bond motifs is 2. The van der Waals surface area contributed by atoms with E-state index < -0.39 is 0 Å². The molecule has 0 fully saturated rings. The quantitative estimate of drug-likeness (QED) is 0.744. The van der Waals surface area contributed by atoms with E-state index in [-0.39, 0.29) is 5.76 Å². The number of aromatic nitrogens is 1. The van der Waals surface area contributed by atoms with E-state index in [4.69, 9.17) is 4.42 Å². The number of hydrogen-bond donors (Lipinski definition) is 0. The highest BCUT2D eigenvalue weighted by atomic mass is 16.4. The second-order valence-electron chi connectivity index (χ2n) is 5.92. The van der Waals surface area contributed by atoms with Gasteiger partial charge in [0.2, 0.25) is 0 Å². The van der Waals surface area contributed by atoms with Crippen molar-refractivity contribution in [3.05, 3.63) is 70.2 Å². The Labute approximate surface area is 128 Å². The molecule has 2 aromatic carbocycles. The van der Waals surface area contributed by atoms with Crippen LogP contribution in [0.15, 0.2) is 57.7 Å². The molecular weight excluding hydrogens is 276 g/mol. The lowest BCUT2D eigenvalue weighted by molar-refractivity contribution is 0.189. The topological polar surface area (TPSA) is 38.4 Å². The normalized spacial score (nSPS) is 17.3. The zero-order chi connectivity index (χ0) is 15.1. The van der Waals surface area contributed by atoms with Gasteiger partial charge in [0.1, 0.15) is 0 Å². The molecular formula is C18H18N2O2. The van der Waals surface area contributed by atoms with Crippen LogP contribution in [-0.4, -0.2) is 16.5 Å². The zero-order valence-corrected chi connectivity index (χ0v) is 12.5. The van der Waals surface area contributed by atoms with E-state index in [0.717, 1.165) is 18.4 Å². The Morgan fingerprint density at radius 3 is 2.86 bits per heavy atom. The third kappa shape index (κ3) is 2.07. The van der Waals surface area contributed by atoms with Gasteiger partial charge in [-0.3, -0.25) is 9.47 Å². The maximum Gasteiger partial charge on any atom is 0.421 e. The van der Waals surface area contributed by atoms with Crippen molar-refractivity contribution < 1.29 is 4.42 Å². The van der Waals surface area contributed by atoms with Gasteiger partial charge in [0, 0.05) is 6.04 Å². The van der Waals surface area contributed by atoms with Gasteiger partial charge in [-0.1, -0.05) is 36.4 Å². The molecule has 22 heavy (non-hydrogen) atoms. The first-order valence-electron chi connectivity index (χ1n) is 7.60. The number of aryl methyl sites for hydroxylation is 1. The van der Waals surface area contributed by atoms with Crippen molar-refractivity contribution in [2.45, 2.75) is 25.6 Å². The molecule has 0 saturated carbocycles. The molecule has 1 atom stereocenters. The van der Waals surface area contributed by atoms with E-state index >= 15 is 0 Å².